The topological polar surface area (TPSA) is 111 Å². The number of carbonyl (C=O) groups is 2. The lowest BCUT2D eigenvalue weighted by atomic mass is 10.3. The van der Waals surface area contributed by atoms with Gasteiger partial charge in [0.05, 0.1) is 10.6 Å². The first-order valence-corrected chi connectivity index (χ1v) is 6.79. The highest BCUT2D eigenvalue weighted by molar-refractivity contribution is 6.01. The van der Waals surface area contributed by atoms with E-state index in [1.165, 1.54) is 18.2 Å². The molecule has 25 heavy (non-hydrogen) atoms. The molecule has 10 heteroatoms. The van der Waals surface area contributed by atoms with Crippen molar-refractivity contribution in [1.82, 2.24) is 5.32 Å². The molecule has 0 aliphatic carbocycles. The number of hydrogen-bond donors (Lipinski definition) is 2. The molecule has 3 amide bonds. The Morgan fingerprint density at radius 2 is 1.88 bits per heavy atom. The smallest absolute Gasteiger partial charge is 0.326 e. The van der Waals surface area contributed by atoms with Gasteiger partial charge in [-0.05, 0) is 18.2 Å². The largest absolute Gasteiger partial charge is 0.477 e. The number of nitrogens with one attached hydrogen (secondary N) is 2. The second kappa shape index (κ2) is 7.81. The molecule has 0 saturated heterocycles. The third kappa shape index (κ3) is 4.96. The van der Waals surface area contributed by atoms with Crippen molar-refractivity contribution in [3.8, 4) is 5.75 Å². The molecule has 0 atom stereocenters. The van der Waals surface area contributed by atoms with Crippen LogP contribution in [0.4, 0.5) is 25.0 Å². The monoisotopic (exact) mass is 351 g/mol. The van der Waals surface area contributed by atoms with Gasteiger partial charge in [0, 0.05) is 12.1 Å². The van der Waals surface area contributed by atoms with Crippen LogP contribution in [0.1, 0.15) is 0 Å². The Hall–Kier alpha value is -3.56. The first-order valence-electron chi connectivity index (χ1n) is 6.79. The molecule has 0 saturated carbocycles. The number of benzene rings is 2. The molecule has 0 unspecified atom stereocenters. The number of amides is 3. The molecule has 0 radical (unpaired) electrons. The van der Waals surface area contributed by atoms with Crippen LogP contribution in [0, 0.1) is 21.7 Å². The van der Waals surface area contributed by atoms with Crippen molar-refractivity contribution < 1.29 is 28.0 Å². The zero-order chi connectivity index (χ0) is 18.4. The van der Waals surface area contributed by atoms with Crippen LogP contribution in [0.3, 0.4) is 0 Å². The Balaban J connectivity index is 1.93. The summed E-state index contributed by atoms with van der Waals surface area (Å²) in [6.07, 6.45) is 0. The second-order valence-electron chi connectivity index (χ2n) is 4.64. The zero-order valence-electron chi connectivity index (χ0n) is 12.5. The lowest BCUT2D eigenvalue weighted by Gasteiger charge is -2.09. The van der Waals surface area contributed by atoms with Crippen LogP contribution in [0.25, 0.3) is 0 Å². The number of urea groups is 1. The number of carbonyl (C=O) groups excluding carboxylic acids is 2. The molecule has 2 rings (SSSR count). The Morgan fingerprint density at radius 3 is 2.56 bits per heavy atom. The number of hydrogen-bond acceptors (Lipinski definition) is 5. The van der Waals surface area contributed by atoms with Gasteiger partial charge < -0.3 is 10.1 Å². The second-order valence-corrected chi connectivity index (χ2v) is 4.64. The molecule has 2 N–H and O–H groups in total. The molecule has 0 aliphatic rings. The number of para-hydroxylation sites is 1. The van der Waals surface area contributed by atoms with Crippen LogP contribution in [0.15, 0.2) is 42.5 Å². The van der Waals surface area contributed by atoms with Gasteiger partial charge in [0.1, 0.15) is 11.6 Å². The molecule has 0 aliphatic heterocycles. The van der Waals surface area contributed by atoms with Crippen LogP contribution < -0.4 is 15.4 Å². The molecule has 2 aromatic rings. The van der Waals surface area contributed by atoms with E-state index in [1.54, 1.807) is 0 Å². The number of nitrogens with zero attached hydrogens (tertiary/aromatic N) is 1. The maximum Gasteiger partial charge on any atom is 0.326 e. The van der Waals surface area contributed by atoms with Crippen LogP contribution in [0.2, 0.25) is 0 Å². The molecular formula is C15H11F2N3O5. The molecule has 0 bridgehead atoms. The summed E-state index contributed by atoms with van der Waals surface area (Å²) >= 11 is 0. The fourth-order valence-corrected chi connectivity index (χ4v) is 1.78. The number of rotatable bonds is 5. The fourth-order valence-electron chi connectivity index (χ4n) is 1.78. The predicted octanol–water partition coefficient (Wildman–Crippen LogP) is 2.60. The molecular weight excluding hydrogens is 340 g/mol. The minimum atomic E-state index is -1.02. The van der Waals surface area contributed by atoms with E-state index in [4.69, 9.17) is 4.74 Å². The van der Waals surface area contributed by atoms with Gasteiger partial charge in [-0.15, -0.1) is 0 Å². The number of nitro benzene ring substituents is 1. The summed E-state index contributed by atoms with van der Waals surface area (Å²) in [6, 6.07) is 6.77. The summed E-state index contributed by atoms with van der Waals surface area (Å²) in [5.74, 6) is -2.92. The summed E-state index contributed by atoms with van der Waals surface area (Å²) in [7, 11) is 0. The number of imide groups is 1. The highest BCUT2D eigenvalue weighted by Gasteiger charge is 2.18. The average Bonchev–Trinajstić information content (AvgIpc) is 2.55. The van der Waals surface area contributed by atoms with Crippen molar-refractivity contribution in [3.63, 3.8) is 0 Å². The maximum atomic E-state index is 13.4. The average molecular weight is 351 g/mol. The molecule has 0 fully saturated rings. The van der Waals surface area contributed by atoms with Gasteiger partial charge in [0.2, 0.25) is 5.75 Å². The van der Waals surface area contributed by atoms with Crippen molar-refractivity contribution in [2.24, 2.45) is 0 Å². The molecule has 0 aromatic heterocycles. The Kier molecular flexibility index (Phi) is 5.56. The summed E-state index contributed by atoms with van der Waals surface area (Å²) in [5.41, 5.74) is -0.681. The zero-order valence-corrected chi connectivity index (χ0v) is 12.5. The van der Waals surface area contributed by atoms with Gasteiger partial charge in [0.25, 0.3) is 5.91 Å². The van der Waals surface area contributed by atoms with Gasteiger partial charge in [-0.25, -0.2) is 13.6 Å². The van der Waals surface area contributed by atoms with E-state index in [-0.39, 0.29) is 5.69 Å². The third-order valence-electron chi connectivity index (χ3n) is 2.85. The first-order chi connectivity index (χ1) is 11.9. The molecule has 0 spiro atoms. The quantitative estimate of drug-likeness (QED) is 0.635. The Bertz CT molecular complexity index is 829. The van der Waals surface area contributed by atoms with Gasteiger partial charge >= 0.3 is 11.7 Å². The summed E-state index contributed by atoms with van der Waals surface area (Å²) in [6.45, 7) is -0.783. The van der Waals surface area contributed by atoms with Gasteiger partial charge in [-0.2, -0.15) is 0 Å². The van der Waals surface area contributed by atoms with E-state index in [1.807, 2.05) is 5.32 Å². The standard InChI is InChI=1S/C15H11F2N3O5/c16-9-5-6-12(20(23)24)13(7-9)25-8-14(21)19-15(22)18-11-4-2-1-3-10(11)17/h1-7H,8H2,(H2,18,19,21,22). The summed E-state index contributed by atoms with van der Waals surface area (Å²) < 4.78 is 31.4. The third-order valence-corrected chi connectivity index (χ3v) is 2.85. The lowest BCUT2D eigenvalue weighted by Crippen LogP contribution is -2.37. The van der Waals surface area contributed by atoms with Crippen molar-refractivity contribution in [2.75, 3.05) is 11.9 Å². The van der Waals surface area contributed by atoms with E-state index in [0.717, 1.165) is 24.3 Å². The molecule has 0 heterocycles. The van der Waals surface area contributed by atoms with Crippen molar-refractivity contribution in [1.29, 1.82) is 0 Å². The van der Waals surface area contributed by atoms with E-state index < -0.39 is 46.5 Å². The highest BCUT2D eigenvalue weighted by Crippen LogP contribution is 2.27. The minimum absolute atomic E-state index is 0.144. The fraction of sp³-hybridized carbons (Fsp3) is 0.0667. The normalized spacial score (nSPS) is 10.0. The SMILES string of the molecule is O=C(COc1cc(F)ccc1[N+](=O)[O-])NC(=O)Nc1ccccc1F. The summed E-state index contributed by atoms with van der Waals surface area (Å²) in [5, 5.41) is 14.7. The maximum absolute atomic E-state index is 13.4. The van der Waals surface area contributed by atoms with E-state index in [0.29, 0.717) is 0 Å². The Labute approximate surface area is 139 Å². The number of nitro groups is 1. The van der Waals surface area contributed by atoms with Crippen molar-refractivity contribution in [2.45, 2.75) is 0 Å². The van der Waals surface area contributed by atoms with Crippen LogP contribution in [-0.4, -0.2) is 23.5 Å². The van der Waals surface area contributed by atoms with Crippen molar-refractivity contribution in [3.05, 3.63) is 64.2 Å². The van der Waals surface area contributed by atoms with Gasteiger partial charge in [-0.3, -0.25) is 20.2 Å². The minimum Gasteiger partial charge on any atom is -0.477 e. The first kappa shape index (κ1) is 17.8. The van der Waals surface area contributed by atoms with E-state index in [9.17, 15) is 28.5 Å². The van der Waals surface area contributed by atoms with Gasteiger partial charge in [0.15, 0.2) is 6.61 Å². The summed E-state index contributed by atoms with van der Waals surface area (Å²) in [4.78, 5) is 33.2. The molecule has 2 aromatic carbocycles. The van der Waals surface area contributed by atoms with Crippen LogP contribution >= 0.6 is 0 Å². The Morgan fingerprint density at radius 1 is 1.16 bits per heavy atom. The number of ether oxygens (including phenoxy) is 1. The predicted molar refractivity (Wildman–Crippen MR) is 82.1 cm³/mol. The van der Waals surface area contributed by atoms with Crippen molar-refractivity contribution >= 4 is 23.3 Å². The van der Waals surface area contributed by atoms with Crippen LogP contribution in [-0.2, 0) is 4.79 Å². The van der Waals surface area contributed by atoms with Gasteiger partial charge in [-0.1, -0.05) is 12.1 Å². The lowest BCUT2D eigenvalue weighted by molar-refractivity contribution is -0.385. The molecule has 130 valence electrons. The highest BCUT2D eigenvalue weighted by atomic mass is 19.1. The van der Waals surface area contributed by atoms with E-state index in [2.05, 4.69) is 5.32 Å². The number of halogens is 2. The van der Waals surface area contributed by atoms with Crippen LogP contribution in [0.5, 0.6) is 5.75 Å². The molecule has 8 nitrogen and oxygen atoms in total. The number of anilines is 1. The van der Waals surface area contributed by atoms with E-state index >= 15 is 0 Å².